The van der Waals surface area contributed by atoms with E-state index < -0.39 is 41.9 Å². The van der Waals surface area contributed by atoms with Crippen molar-refractivity contribution in [1.29, 1.82) is 0 Å². The van der Waals surface area contributed by atoms with E-state index in [0.717, 1.165) is 31.6 Å². The molecule has 0 saturated carbocycles. The van der Waals surface area contributed by atoms with Crippen molar-refractivity contribution in [3.63, 3.8) is 0 Å². The highest BCUT2D eigenvalue weighted by molar-refractivity contribution is 5.91. The molecule has 0 radical (unpaired) electrons. The number of likely N-dealkylation sites (tertiary alicyclic amines) is 1. The summed E-state index contributed by atoms with van der Waals surface area (Å²) < 4.78 is 5.08. The largest absolute Gasteiger partial charge is 1.00 e. The van der Waals surface area contributed by atoms with Gasteiger partial charge in [0.05, 0.1) is 38.6 Å². The van der Waals surface area contributed by atoms with Gasteiger partial charge in [-0.05, 0) is 18.1 Å². The fraction of sp³-hybridized carbons (Fsp3) is 0.433. The van der Waals surface area contributed by atoms with E-state index in [4.69, 9.17) is 9.84 Å². The Hall–Kier alpha value is -4.29. The molecule has 228 valence electrons. The first kappa shape index (κ1) is 33.9. The molecule has 0 aliphatic carbocycles. The molecule has 1 aliphatic heterocycles. The summed E-state index contributed by atoms with van der Waals surface area (Å²) in [5, 5.41) is 42.0. The van der Waals surface area contributed by atoms with Gasteiger partial charge in [-0.3, -0.25) is 4.79 Å². The minimum atomic E-state index is -2.97. The van der Waals surface area contributed by atoms with Crippen LogP contribution in [0.5, 0.6) is 0 Å². The zero-order chi connectivity index (χ0) is 31.3. The quantitative estimate of drug-likeness (QED) is 0.212. The van der Waals surface area contributed by atoms with Gasteiger partial charge in [-0.25, -0.2) is 4.79 Å². The second kappa shape index (κ2) is 15.6. The van der Waals surface area contributed by atoms with Crippen molar-refractivity contribution >= 4 is 29.8 Å². The van der Waals surface area contributed by atoms with Crippen molar-refractivity contribution in [2.75, 3.05) is 26.7 Å². The number of ether oxygens (including phenoxy) is 1. The van der Waals surface area contributed by atoms with Crippen molar-refractivity contribution < 1.29 is 56.9 Å². The molecule has 0 bridgehead atoms. The summed E-state index contributed by atoms with van der Waals surface area (Å²) in [7, 11) is 1.39. The number of carboxylic acids is 3. The number of carboxylic acid groups (broad SMARTS) is 3. The van der Waals surface area contributed by atoms with Crippen LogP contribution in [-0.4, -0.2) is 72.8 Å². The highest BCUT2D eigenvalue weighted by atomic mass is 16.5. The van der Waals surface area contributed by atoms with Crippen LogP contribution in [0.4, 0.5) is 0 Å². The predicted octanol–water partition coefficient (Wildman–Crippen LogP) is -3.29. The Morgan fingerprint density at radius 3 is 1.90 bits per heavy atom. The number of rotatable bonds is 12. The van der Waals surface area contributed by atoms with E-state index in [9.17, 15) is 39.3 Å². The number of piperidine rings is 1. The zero-order valence-corrected chi connectivity index (χ0v) is 23.6. The molecule has 2 aromatic rings. The molecule has 1 saturated heterocycles. The number of aliphatic hydroxyl groups is 1. The maximum atomic E-state index is 12.9. The zero-order valence-electron chi connectivity index (χ0n) is 25.6. The molecule has 42 heavy (non-hydrogen) atoms. The summed E-state index contributed by atoms with van der Waals surface area (Å²) >= 11 is 0. The number of aliphatic carboxylic acids is 3. The number of quaternary nitrogens is 1. The molecule has 0 spiro atoms. The minimum absolute atomic E-state index is 0. The highest BCUT2D eigenvalue weighted by Crippen LogP contribution is 2.22. The number of carbonyl (C=O) groups is 5. The molecule has 3 rings (SSSR count). The summed E-state index contributed by atoms with van der Waals surface area (Å²) in [6.07, 6.45) is -0.514. The molecular weight excluding hydrogens is 548 g/mol. The molecule has 2 aromatic carbocycles. The fourth-order valence-electron chi connectivity index (χ4n) is 4.74. The van der Waals surface area contributed by atoms with E-state index >= 15 is 0 Å². The Morgan fingerprint density at radius 2 is 1.45 bits per heavy atom. The second-order valence-corrected chi connectivity index (χ2v) is 10.3. The summed E-state index contributed by atoms with van der Waals surface area (Å²) in [6.45, 7) is 4.56. The second-order valence-electron chi connectivity index (χ2n) is 10.3. The summed E-state index contributed by atoms with van der Waals surface area (Å²) in [4.78, 5) is 57.0. The third-order valence-electron chi connectivity index (χ3n) is 7.31. The smallest absolute Gasteiger partial charge is 0.550 e. The number of hydrogen-bond acceptors (Lipinski definition) is 10. The Bertz CT molecular complexity index is 1210. The molecule has 1 atom stereocenters. The van der Waals surface area contributed by atoms with Crippen LogP contribution in [-0.2, 0) is 35.1 Å². The first-order chi connectivity index (χ1) is 19.8. The van der Waals surface area contributed by atoms with Crippen LogP contribution in [0, 0.1) is 0 Å². The van der Waals surface area contributed by atoms with Crippen LogP contribution in [0.25, 0.3) is 0 Å². The van der Waals surface area contributed by atoms with Crippen LogP contribution >= 0.6 is 0 Å². The van der Waals surface area contributed by atoms with Crippen molar-refractivity contribution in [3.05, 3.63) is 71.8 Å². The molecule has 1 amide bonds. The van der Waals surface area contributed by atoms with Gasteiger partial charge >= 0.3 is 8.82 Å². The number of amides is 1. The number of benzene rings is 2. The number of carbonyl (C=O) groups excluding carboxylic acids is 5. The van der Waals surface area contributed by atoms with Gasteiger partial charge in [0.25, 0.3) is 0 Å². The number of hydrogen-bond donors (Lipinski definition) is 3. The van der Waals surface area contributed by atoms with Crippen LogP contribution < -0.4 is 25.5 Å². The fourth-order valence-corrected chi connectivity index (χ4v) is 4.74. The molecule has 12 nitrogen and oxygen atoms in total. The Morgan fingerprint density at radius 1 is 0.952 bits per heavy atom. The van der Waals surface area contributed by atoms with Gasteiger partial charge in [0.15, 0.2) is 0 Å². The standard InChI is InChI=1S/C24H30N2O3.C6H8O7/c1-19(21-11-7-4-8-12-21)22(27)25-24(23(28)29-2)14-17-26(18-15-24)16-13-20-9-5-3-6-10-20;7-3(8)1-6(13,5(11)12)2-4(9)10/h3-12,19H,13-18H2,1-2H3,(H,25,27);13H,1-2H2,(H,7,8)(H,9,10)(H,11,12). The Labute approximate surface area is 246 Å². The highest BCUT2D eigenvalue weighted by Gasteiger charge is 2.46. The van der Waals surface area contributed by atoms with Crippen LogP contribution in [0.1, 0.15) is 52.5 Å². The molecule has 0 aromatic heterocycles. The van der Waals surface area contributed by atoms with Gasteiger partial charge in [-0.2, -0.15) is 0 Å². The number of methoxy groups -OCH3 is 1. The van der Waals surface area contributed by atoms with E-state index in [1.807, 2.05) is 43.3 Å². The maximum absolute atomic E-state index is 12.9. The van der Waals surface area contributed by atoms with E-state index in [1.54, 1.807) is 0 Å². The van der Waals surface area contributed by atoms with Crippen LogP contribution in [0.15, 0.2) is 60.7 Å². The van der Waals surface area contributed by atoms with Gasteiger partial charge in [-0.1, -0.05) is 60.7 Å². The van der Waals surface area contributed by atoms with E-state index in [2.05, 4.69) is 29.6 Å². The first-order valence-electron chi connectivity index (χ1n) is 13.5. The topological polar surface area (TPSA) is 200 Å². The average Bonchev–Trinajstić information content (AvgIpc) is 2.96. The van der Waals surface area contributed by atoms with Gasteiger partial charge in [0.2, 0.25) is 5.91 Å². The lowest BCUT2D eigenvalue weighted by Crippen LogP contribution is -3.14. The first-order valence-corrected chi connectivity index (χ1v) is 13.5. The molecule has 1 heterocycles. The number of nitrogens with one attached hydrogen (secondary N) is 2. The Balaban J connectivity index is 0.00000106. The molecule has 1 aliphatic rings. The lowest BCUT2D eigenvalue weighted by Gasteiger charge is -2.38. The van der Waals surface area contributed by atoms with E-state index in [-0.39, 0.29) is 20.6 Å². The van der Waals surface area contributed by atoms with Crippen molar-refractivity contribution in [1.82, 2.24) is 5.32 Å². The monoisotopic (exact) mass is 586 g/mol. The molecular formula is C30H38N2O10. The number of esters is 1. The third kappa shape index (κ3) is 9.96. The lowest BCUT2D eigenvalue weighted by molar-refractivity contribution is -0.905. The van der Waals surface area contributed by atoms with E-state index in [0.29, 0.717) is 12.8 Å². The molecule has 1 fully saturated rings. The summed E-state index contributed by atoms with van der Waals surface area (Å²) in [5.41, 5.74) is -1.63. The normalized spacial score (nSPS) is 18.9. The SMILES string of the molecule is COC(=O)C1(NC(=O)C(C)c2ccccc2)CC[NH+](CCc2ccccc2)CC1.O=C([O-])CC(O)(CC(=O)[O-])C(=O)[O-].[H+].[H+]. The summed E-state index contributed by atoms with van der Waals surface area (Å²) in [6, 6.07) is 20.1. The van der Waals surface area contributed by atoms with Crippen molar-refractivity contribution in [3.8, 4) is 0 Å². The van der Waals surface area contributed by atoms with Gasteiger partial charge in [0.1, 0.15) is 11.1 Å². The average molecular weight is 587 g/mol. The lowest BCUT2D eigenvalue weighted by atomic mass is 9.86. The molecule has 3 N–H and O–H groups in total. The third-order valence-corrected chi connectivity index (χ3v) is 7.31. The van der Waals surface area contributed by atoms with Gasteiger partial charge in [-0.15, -0.1) is 0 Å². The molecule has 1 unspecified atom stereocenters. The van der Waals surface area contributed by atoms with Gasteiger partial charge in [0, 0.05) is 44.0 Å². The van der Waals surface area contributed by atoms with Crippen molar-refractivity contribution in [2.24, 2.45) is 0 Å². The Kier molecular flexibility index (Phi) is 12.6. The maximum Gasteiger partial charge on any atom is 1.00 e. The summed E-state index contributed by atoms with van der Waals surface area (Å²) in [5.74, 6) is -6.77. The van der Waals surface area contributed by atoms with Crippen molar-refractivity contribution in [2.45, 2.75) is 56.1 Å². The van der Waals surface area contributed by atoms with E-state index in [1.165, 1.54) is 17.6 Å². The minimum Gasteiger partial charge on any atom is -0.550 e. The van der Waals surface area contributed by atoms with Gasteiger partial charge < -0.3 is 49.8 Å². The predicted molar refractivity (Wildman–Crippen MR) is 144 cm³/mol. The van der Waals surface area contributed by atoms with Crippen LogP contribution in [0.2, 0.25) is 0 Å². The molecule has 12 heteroatoms. The van der Waals surface area contributed by atoms with Crippen LogP contribution in [0.3, 0.4) is 0 Å².